The molecule has 0 atom stereocenters. The standard InChI is InChI=1S/C7H7NO5S2/c1-2-15(12,13)7(11)4-5(6(9)10)14-3-8-4/h3H,2H2,1H3,(H,9,10). The van der Waals surface area contributed by atoms with Gasteiger partial charge in [0.15, 0.2) is 0 Å². The van der Waals surface area contributed by atoms with Crippen molar-refractivity contribution in [3.63, 3.8) is 0 Å². The predicted octanol–water partition coefficient (Wildman–Crippen LogP) is 0.416. The van der Waals surface area contributed by atoms with Crippen molar-refractivity contribution in [1.82, 2.24) is 4.98 Å². The Morgan fingerprint density at radius 3 is 2.60 bits per heavy atom. The van der Waals surface area contributed by atoms with Crippen LogP contribution in [0.2, 0.25) is 0 Å². The van der Waals surface area contributed by atoms with Crippen molar-refractivity contribution in [3.8, 4) is 0 Å². The van der Waals surface area contributed by atoms with Crippen molar-refractivity contribution in [3.05, 3.63) is 16.1 Å². The van der Waals surface area contributed by atoms with Crippen molar-refractivity contribution < 1.29 is 23.1 Å². The number of nitrogens with zero attached hydrogens (tertiary/aromatic N) is 1. The van der Waals surface area contributed by atoms with Crippen molar-refractivity contribution in [2.24, 2.45) is 0 Å². The number of carboxylic acids is 1. The second kappa shape index (κ2) is 4.07. The van der Waals surface area contributed by atoms with Gasteiger partial charge < -0.3 is 5.11 Å². The van der Waals surface area contributed by atoms with Crippen LogP contribution in [0.4, 0.5) is 0 Å². The number of thiazole rings is 1. The molecule has 0 aliphatic heterocycles. The van der Waals surface area contributed by atoms with Gasteiger partial charge in [-0.05, 0) is 0 Å². The Hall–Kier alpha value is -1.28. The third kappa shape index (κ3) is 2.21. The minimum absolute atomic E-state index is 0.350. The number of hydrogen-bond donors (Lipinski definition) is 1. The summed E-state index contributed by atoms with van der Waals surface area (Å²) in [6, 6.07) is 0. The molecule has 0 aromatic carbocycles. The maximum Gasteiger partial charge on any atom is 0.348 e. The summed E-state index contributed by atoms with van der Waals surface area (Å²) in [6.07, 6.45) is 0. The molecule has 0 radical (unpaired) electrons. The molecular formula is C7H7NO5S2. The third-order valence-electron chi connectivity index (χ3n) is 1.62. The minimum Gasteiger partial charge on any atom is -0.477 e. The molecule has 0 aliphatic carbocycles. The largest absolute Gasteiger partial charge is 0.477 e. The fraction of sp³-hybridized carbons (Fsp3) is 0.286. The summed E-state index contributed by atoms with van der Waals surface area (Å²) in [5, 5.41) is 7.43. The van der Waals surface area contributed by atoms with Crippen molar-refractivity contribution >= 4 is 32.3 Å². The summed E-state index contributed by atoms with van der Waals surface area (Å²) in [6.45, 7) is 1.31. The van der Waals surface area contributed by atoms with Gasteiger partial charge in [-0.25, -0.2) is 18.2 Å². The van der Waals surface area contributed by atoms with E-state index < -0.39 is 26.6 Å². The molecule has 0 aliphatic rings. The van der Waals surface area contributed by atoms with E-state index in [0.717, 1.165) is 5.51 Å². The van der Waals surface area contributed by atoms with Crippen molar-refractivity contribution in [2.45, 2.75) is 6.92 Å². The number of rotatable bonds is 3. The lowest BCUT2D eigenvalue weighted by Crippen LogP contribution is -2.19. The minimum atomic E-state index is -3.94. The molecule has 0 amide bonds. The summed E-state index contributed by atoms with van der Waals surface area (Å²) in [4.78, 5) is 25.1. The normalized spacial score (nSPS) is 11.3. The second-order valence-corrected chi connectivity index (χ2v) is 5.56. The quantitative estimate of drug-likeness (QED) is 0.832. The highest BCUT2D eigenvalue weighted by molar-refractivity contribution is 8.06. The lowest BCUT2D eigenvalue weighted by atomic mass is 10.4. The van der Waals surface area contributed by atoms with Crippen LogP contribution in [0.15, 0.2) is 5.51 Å². The number of carboxylic acid groups (broad SMARTS) is 1. The van der Waals surface area contributed by atoms with Crippen LogP contribution in [-0.4, -0.2) is 35.3 Å². The van der Waals surface area contributed by atoms with Crippen LogP contribution in [0.5, 0.6) is 0 Å². The van der Waals surface area contributed by atoms with Gasteiger partial charge in [-0.15, -0.1) is 11.3 Å². The number of hydrogen-bond acceptors (Lipinski definition) is 6. The molecule has 1 aromatic rings. The fourth-order valence-electron chi connectivity index (χ4n) is 0.822. The molecule has 15 heavy (non-hydrogen) atoms. The summed E-state index contributed by atoms with van der Waals surface area (Å²) < 4.78 is 22.4. The van der Waals surface area contributed by atoms with E-state index in [2.05, 4.69) is 4.98 Å². The van der Waals surface area contributed by atoms with Gasteiger partial charge in [-0.1, -0.05) is 6.92 Å². The number of aromatic carboxylic acids is 1. The van der Waals surface area contributed by atoms with Crippen LogP contribution < -0.4 is 0 Å². The second-order valence-electron chi connectivity index (χ2n) is 2.53. The molecule has 6 nitrogen and oxygen atoms in total. The first kappa shape index (κ1) is 11.8. The van der Waals surface area contributed by atoms with E-state index in [1.165, 1.54) is 6.92 Å². The van der Waals surface area contributed by atoms with Crippen LogP contribution in [0.3, 0.4) is 0 Å². The van der Waals surface area contributed by atoms with Crippen LogP contribution in [-0.2, 0) is 9.84 Å². The predicted molar refractivity (Wildman–Crippen MR) is 52.9 cm³/mol. The van der Waals surface area contributed by atoms with E-state index >= 15 is 0 Å². The maximum atomic E-state index is 11.4. The molecule has 0 saturated carbocycles. The molecule has 0 unspecified atom stereocenters. The molecule has 0 saturated heterocycles. The number of aromatic nitrogens is 1. The Kier molecular flexibility index (Phi) is 3.20. The topological polar surface area (TPSA) is 101 Å². The molecule has 1 heterocycles. The molecule has 82 valence electrons. The molecule has 0 bridgehead atoms. The SMILES string of the molecule is CCS(=O)(=O)C(=O)c1ncsc1C(=O)O. The Balaban J connectivity index is 3.24. The van der Waals surface area contributed by atoms with E-state index in [4.69, 9.17) is 5.11 Å². The highest BCUT2D eigenvalue weighted by Crippen LogP contribution is 2.16. The molecule has 0 spiro atoms. The number of carbonyl (C=O) groups is 2. The first-order valence-corrected chi connectivity index (χ1v) is 6.37. The Morgan fingerprint density at radius 1 is 1.53 bits per heavy atom. The zero-order valence-corrected chi connectivity index (χ0v) is 9.26. The van der Waals surface area contributed by atoms with E-state index in [1.807, 2.05) is 0 Å². The molecular weight excluding hydrogens is 242 g/mol. The maximum absolute atomic E-state index is 11.4. The van der Waals surface area contributed by atoms with Gasteiger partial charge >= 0.3 is 5.97 Å². The monoisotopic (exact) mass is 249 g/mol. The van der Waals surface area contributed by atoms with E-state index in [9.17, 15) is 18.0 Å². The number of carbonyl (C=O) groups excluding carboxylic acids is 1. The van der Waals surface area contributed by atoms with Crippen molar-refractivity contribution in [1.29, 1.82) is 0 Å². The molecule has 8 heteroatoms. The lowest BCUT2D eigenvalue weighted by Gasteiger charge is -1.97. The van der Waals surface area contributed by atoms with Crippen LogP contribution >= 0.6 is 11.3 Å². The average Bonchev–Trinajstić information content (AvgIpc) is 2.64. The summed E-state index contributed by atoms with van der Waals surface area (Å²) >= 11 is 0.717. The van der Waals surface area contributed by atoms with Crippen molar-refractivity contribution in [2.75, 3.05) is 5.75 Å². The summed E-state index contributed by atoms with van der Waals surface area (Å²) in [5.74, 6) is -1.73. The molecule has 1 N–H and O–H groups in total. The zero-order chi connectivity index (χ0) is 11.6. The van der Waals surface area contributed by atoms with E-state index in [1.54, 1.807) is 0 Å². The third-order valence-corrected chi connectivity index (χ3v) is 3.95. The smallest absolute Gasteiger partial charge is 0.348 e. The van der Waals surface area contributed by atoms with Gasteiger partial charge in [0.25, 0.3) is 5.12 Å². The van der Waals surface area contributed by atoms with Crippen LogP contribution in [0.25, 0.3) is 0 Å². The molecule has 1 aromatic heterocycles. The Labute approximate surface area is 89.5 Å². The fourth-order valence-corrected chi connectivity index (χ4v) is 2.22. The van der Waals surface area contributed by atoms with Gasteiger partial charge in [0.1, 0.15) is 10.6 Å². The van der Waals surface area contributed by atoms with Gasteiger partial charge in [0.2, 0.25) is 9.84 Å². The lowest BCUT2D eigenvalue weighted by molar-refractivity contribution is 0.0698. The summed E-state index contributed by atoms with van der Waals surface area (Å²) in [5.41, 5.74) is 0.622. The molecule has 0 fully saturated rings. The first-order valence-electron chi connectivity index (χ1n) is 3.84. The average molecular weight is 249 g/mol. The zero-order valence-electron chi connectivity index (χ0n) is 7.63. The Morgan fingerprint density at radius 2 is 2.13 bits per heavy atom. The Bertz CT molecular complexity index is 501. The van der Waals surface area contributed by atoms with Gasteiger partial charge in [-0.3, -0.25) is 4.79 Å². The highest BCUT2D eigenvalue weighted by atomic mass is 32.2. The molecule has 1 rings (SSSR count). The summed E-state index contributed by atoms with van der Waals surface area (Å²) in [7, 11) is -3.94. The van der Waals surface area contributed by atoms with E-state index in [-0.39, 0.29) is 10.6 Å². The van der Waals surface area contributed by atoms with E-state index in [0.29, 0.717) is 11.3 Å². The van der Waals surface area contributed by atoms with Gasteiger partial charge in [0, 0.05) is 0 Å². The van der Waals surface area contributed by atoms with Gasteiger partial charge in [-0.2, -0.15) is 0 Å². The van der Waals surface area contributed by atoms with Gasteiger partial charge in [0.05, 0.1) is 11.3 Å². The highest BCUT2D eigenvalue weighted by Gasteiger charge is 2.29. The number of sulfone groups is 1. The first-order chi connectivity index (χ1) is 6.90. The van der Waals surface area contributed by atoms with Crippen LogP contribution in [0.1, 0.15) is 27.1 Å². The van der Waals surface area contributed by atoms with Crippen LogP contribution in [0, 0.1) is 0 Å².